The van der Waals surface area contributed by atoms with Gasteiger partial charge in [-0.1, -0.05) is 117 Å². The molecule has 0 fully saturated rings. The molecule has 2 aliphatic rings. The molecule has 11 heteroatoms. The molecule has 0 saturated heterocycles. The van der Waals surface area contributed by atoms with E-state index in [2.05, 4.69) is 92.6 Å². The number of benzene rings is 4. The molecule has 8 bridgehead atoms. The van der Waals surface area contributed by atoms with Crippen molar-refractivity contribution in [2.45, 2.75) is 78.6 Å². The van der Waals surface area contributed by atoms with Gasteiger partial charge in [0.2, 0.25) is 0 Å². The zero-order chi connectivity index (χ0) is 38.8. The molecule has 4 aromatic carbocycles. The second kappa shape index (κ2) is 12.7. The van der Waals surface area contributed by atoms with Crippen LogP contribution < -0.4 is 9.97 Å². The van der Waals surface area contributed by atoms with Gasteiger partial charge in [0, 0.05) is 44.8 Å². The van der Waals surface area contributed by atoms with Crippen molar-refractivity contribution in [3.63, 3.8) is 0 Å². The largest absolute Gasteiger partial charge is 2.00 e. The van der Waals surface area contributed by atoms with Crippen LogP contribution in [0.2, 0.25) is 0 Å². The summed E-state index contributed by atoms with van der Waals surface area (Å²) >= 11 is 0. The molecule has 0 saturated carbocycles. The van der Waals surface area contributed by atoms with Gasteiger partial charge in [-0.2, -0.15) is 0 Å². The first-order chi connectivity index (χ1) is 26.0. The van der Waals surface area contributed by atoms with Gasteiger partial charge in [0.05, 0.1) is 28.9 Å². The van der Waals surface area contributed by atoms with Gasteiger partial charge in [0.15, 0.2) is 0 Å². The third-order valence-electron chi connectivity index (χ3n) is 10.5. The van der Waals surface area contributed by atoms with Crippen molar-refractivity contribution >= 4 is 50.1 Å². The molecule has 0 atom stereocenters. The van der Waals surface area contributed by atoms with E-state index in [9.17, 15) is 9.90 Å². The second-order valence-corrected chi connectivity index (χ2v) is 17.5. The Morgan fingerprint density at radius 2 is 0.929 bits per heavy atom. The molecule has 5 heterocycles. The van der Waals surface area contributed by atoms with Crippen LogP contribution in [0.1, 0.15) is 89.4 Å². The standard InChI is InChI=1S/C45H41N8O2.Zn/c1-43(2,3)23-17-19-25-29(21-23)39-48-35(25)50-40-32-26(12-10-14-30(32)44(4,5)6)36(51-40)46-34-24-18-16-22(42(54)55)20-28(24)38(47-34)49-37-27-13-11-15-31(45(7,8)9)33(27)41(52-37)53-39;/h10-21H,1-9H3,(H2-,46,47,48,49,50,51,52,53,54,55);/q-1;+2/p-1. The Morgan fingerprint density at radius 1 is 0.500 bits per heavy atom. The van der Waals surface area contributed by atoms with Gasteiger partial charge in [-0.25, -0.2) is 14.8 Å². The number of aromatic nitrogens is 8. The van der Waals surface area contributed by atoms with Gasteiger partial charge >= 0.3 is 25.4 Å². The van der Waals surface area contributed by atoms with E-state index in [1.54, 1.807) is 18.2 Å². The van der Waals surface area contributed by atoms with Crippen molar-refractivity contribution in [3.8, 4) is 45.6 Å². The zero-order valence-electron chi connectivity index (χ0n) is 33.1. The van der Waals surface area contributed by atoms with Crippen LogP contribution in [0.5, 0.6) is 0 Å². The van der Waals surface area contributed by atoms with Gasteiger partial charge in [-0.3, -0.25) is 0 Å². The molecule has 274 valence electrons. The summed E-state index contributed by atoms with van der Waals surface area (Å²) in [7, 11) is 0. The van der Waals surface area contributed by atoms with Crippen molar-refractivity contribution in [2.75, 3.05) is 0 Å². The Kier molecular flexibility index (Phi) is 8.44. The number of hydrogen-bond donors (Lipinski definition) is 1. The summed E-state index contributed by atoms with van der Waals surface area (Å²) in [6.45, 7) is 19.6. The van der Waals surface area contributed by atoms with E-state index in [1.165, 1.54) is 0 Å². The maximum atomic E-state index is 12.2. The van der Waals surface area contributed by atoms with Crippen molar-refractivity contribution < 1.29 is 29.4 Å². The van der Waals surface area contributed by atoms with Gasteiger partial charge < -0.3 is 35.0 Å². The van der Waals surface area contributed by atoms with E-state index in [-0.39, 0.29) is 41.3 Å². The summed E-state index contributed by atoms with van der Waals surface area (Å²) in [5.41, 5.74) is 7.55. The second-order valence-electron chi connectivity index (χ2n) is 17.5. The molecule has 7 aromatic rings. The molecule has 0 aliphatic carbocycles. The van der Waals surface area contributed by atoms with E-state index in [0.717, 1.165) is 49.4 Å². The molecule has 1 N–H and O–H groups in total. The molecule has 0 amide bonds. The predicted octanol–water partition coefficient (Wildman–Crippen LogP) is 9.72. The fourth-order valence-electron chi connectivity index (χ4n) is 7.61. The first kappa shape index (κ1) is 37.3. The van der Waals surface area contributed by atoms with Gasteiger partial charge in [-0.15, -0.1) is 0 Å². The first-order valence-electron chi connectivity index (χ1n) is 18.5. The van der Waals surface area contributed by atoms with Crippen molar-refractivity contribution in [2.24, 2.45) is 0 Å². The SMILES string of the molecule is CC(C)(C)c1ccc2c(c1)-c1nc-2nc2[n-]c(nc3nc(nc4[n-]c(n1)c1c(C(C)(C)C)cccc41)-c1cc(C(=O)O)ccc1-3)c1cccc(C(C)(C)C)c21.[Zn+2]. The molecule has 0 spiro atoms. The number of carbonyl (C=O) groups is 1. The summed E-state index contributed by atoms with van der Waals surface area (Å²) < 4.78 is 0. The van der Waals surface area contributed by atoms with Gasteiger partial charge in [0.1, 0.15) is 0 Å². The van der Waals surface area contributed by atoms with Crippen LogP contribution in [0.15, 0.2) is 72.8 Å². The van der Waals surface area contributed by atoms with Crippen molar-refractivity contribution in [1.29, 1.82) is 0 Å². The topological polar surface area (TPSA) is 143 Å². The number of aromatic carboxylic acids is 1. The van der Waals surface area contributed by atoms with Crippen LogP contribution in [-0.4, -0.2) is 41.0 Å². The Balaban J connectivity index is 0.00000441. The number of fused-ring (bicyclic) bond motifs is 20. The molecule has 9 rings (SSSR count). The minimum absolute atomic E-state index is 0. The average molecular weight is 790 g/mol. The number of nitrogens with zero attached hydrogens (tertiary/aromatic N) is 8. The smallest absolute Gasteiger partial charge is 0.478 e. The predicted molar refractivity (Wildman–Crippen MR) is 217 cm³/mol. The normalized spacial score (nSPS) is 12.7. The Labute approximate surface area is 337 Å². The van der Waals surface area contributed by atoms with Crippen LogP contribution in [-0.2, 0) is 35.7 Å². The van der Waals surface area contributed by atoms with Crippen LogP contribution in [0.25, 0.3) is 89.7 Å². The van der Waals surface area contributed by atoms with Crippen molar-refractivity contribution in [3.05, 3.63) is 95.1 Å². The third-order valence-corrected chi connectivity index (χ3v) is 10.5. The van der Waals surface area contributed by atoms with E-state index in [0.29, 0.717) is 57.0 Å². The summed E-state index contributed by atoms with van der Waals surface area (Å²) in [4.78, 5) is 53.1. The number of carboxylic acid groups (broad SMARTS) is 1. The maximum absolute atomic E-state index is 12.2. The Hall–Kier alpha value is -5.67. The van der Waals surface area contributed by atoms with Crippen molar-refractivity contribution in [1.82, 2.24) is 39.9 Å². The van der Waals surface area contributed by atoms with E-state index in [4.69, 9.17) is 39.9 Å². The van der Waals surface area contributed by atoms with Crippen LogP contribution in [0.3, 0.4) is 0 Å². The minimum atomic E-state index is -1.05. The van der Waals surface area contributed by atoms with E-state index < -0.39 is 5.97 Å². The molecule has 3 aromatic heterocycles. The summed E-state index contributed by atoms with van der Waals surface area (Å²) in [6, 6.07) is 23.5. The summed E-state index contributed by atoms with van der Waals surface area (Å²) in [5.74, 6) is 0.639. The fourth-order valence-corrected chi connectivity index (χ4v) is 7.61. The third kappa shape index (κ3) is 6.00. The Morgan fingerprint density at radius 3 is 1.38 bits per heavy atom. The Bertz CT molecular complexity index is 2980. The summed E-state index contributed by atoms with van der Waals surface area (Å²) in [5, 5.41) is 13.4. The molecule has 0 unspecified atom stereocenters. The fraction of sp³-hybridized carbons (Fsp3) is 0.267. The number of rotatable bonds is 1. The average Bonchev–Trinajstić information content (AvgIpc) is 3.85. The molecule has 0 radical (unpaired) electrons. The minimum Gasteiger partial charge on any atom is -0.478 e. The first-order valence-corrected chi connectivity index (χ1v) is 18.5. The number of hydrogen-bond acceptors (Lipinski definition) is 7. The maximum Gasteiger partial charge on any atom is 2.00 e. The van der Waals surface area contributed by atoms with Crippen LogP contribution in [0, 0.1) is 0 Å². The molecular formula is C45H40N8O2Zn. The van der Waals surface area contributed by atoms with E-state index in [1.807, 2.05) is 24.3 Å². The van der Waals surface area contributed by atoms with Gasteiger partial charge in [-0.05, 0) is 72.7 Å². The van der Waals surface area contributed by atoms with Gasteiger partial charge in [0.25, 0.3) is 0 Å². The van der Waals surface area contributed by atoms with E-state index >= 15 is 0 Å². The monoisotopic (exact) mass is 788 g/mol. The molecule has 56 heavy (non-hydrogen) atoms. The molecule has 2 aliphatic heterocycles. The zero-order valence-corrected chi connectivity index (χ0v) is 36.0. The summed E-state index contributed by atoms with van der Waals surface area (Å²) in [6.07, 6.45) is 0. The van der Waals surface area contributed by atoms with Crippen LogP contribution in [0.4, 0.5) is 0 Å². The molecule has 10 nitrogen and oxygen atoms in total. The quantitative estimate of drug-likeness (QED) is 0.160. The number of carboxylic acids is 1. The molecular weight excluding hydrogens is 750 g/mol. The van der Waals surface area contributed by atoms with Crippen LogP contribution >= 0.6 is 0 Å².